The topological polar surface area (TPSA) is 99.8 Å². The van der Waals surface area contributed by atoms with Gasteiger partial charge in [0.15, 0.2) is 0 Å². The van der Waals surface area contributed by atoms with Gasteiger partial charge in [-0.1, -0.05) is 18.2 Å². The number of esters is 1. The van der Waals surface area contributed by atoms with Crippen molar-refractivity contribution in [2.24, 2.45) is 0 Å². The molecule has 0 saturated heterocycles. The molecule has 0 aliphatic carbocycles. The number of carbonyl (C=O) groups excluding carboxylic acids is 3. The first kappa shape index (κ1) is 20.4. The van der Waals surface area contributed by atoms with E-state index in [-0.39, 0.29) is 38.2 Å². The second-order valence-corrected chi connectivity index (χ2v) is 6.47. The van der Waals surface area contributed by atoms with Crippen molar-refractivity contribution < 1.29 is 19.1 Å². The van der Waals surface area contributed by atoms with Crippen molar-refractivity contribution in [2.75, 3.05) is 38.6 Å². The first-order valence-corrected chi connectivity index (χ1v) is 8.80. The molecule has 1 aliphatic rings. The minimum atomic E-state index is -0.478. The van der Waals surface area contributed by atoms with Gasteiger partial charge in [-0.25, -0.2) is 9.59 Å². The van der Waals surface area contributed by atoms with Gasteiger partial charge in [0, 0.05) is 17.9 Å². The molecule has 0 atom stereocenters. The van der Waals surface area contributed by atoms with Crippen LogP contribution in [0, 0.1) is 13.8 Å². The summed E-state index contributed by atoms with van der Waals surface area (Å²) in [5.74, 6) is -0.651. The normalized spacial score (nSPS) is 13.9. The number of para-hydroxylation sites is 1. The maximum absolute atomic E-state index is 12.4. The number of benzene rings is 1. The number of anilines is 1. The predicted molar refractivity (Wildman–Crippen MR) is 102 cm³/mol. The molecule has 0 bridgehead atoms. The summed E-state index contributed by atoms with van der Waals surface area (Å²) in [6.45, 7) is 6.29. The summed E-state index contributed by atoms with van der Waals surface area (Å²) in [5, 5.41) is 8.11. The van der Waals surface area contributed by atoms with Gasteiger partial charge in [-0.05, 0) is 38.9 Å². The molecule has 3 N–H and O–H groups in total. The van der Waals surface area contributed by atoms with Crippen LogP contribution in [0.1, 0.15) is 18.1 Å². The molecule has 1 heterocycles. The molecule has 3 amide bonds. The van der Waals surface area contributed by atoms with Crippen molar-refractivity contribution in [3.63, 3.8) is 0 Å². The van der Waals surface area contributed by atoms with Gasteiger partial charge in [0.05, 0.1) is 25.3 Å². The highest BCUT2D eigenvalue weighted by atomic mass is 16.5. The lowest BCUT2D eigenvalue weighted by Gasteiger charge is -2.25. The van der Waals surface area contributed by atoms with Crippen molar-refractivity contribution in [1.82, 2.24) is 15.5 Å². The first-order valence-electron chi connectivity index (χ1n) is 8.80. The quantitative estimate of drug-likeness (QED) is 0.625. The fraction of sp³-hybridized carbons (Fsp3) is 0.421. The maximum atomic E-state index is 12.4. The van der Waals surface area contributed by atoms with E-state index in [1.807, 2.05) is 32.0 Å². The van der Waals surface area contributed by atoms with E-state index in [1.165, 1.54) is 0 Å². The van der Waals surface area contributed by atoms with Gasteiger partial charge in [0.1, 0.15) is 0 Å². The van der Waals surface area contributed by atoms with Crippen LogP contribution in [0.4, 0.5) is 10.5 Å². The molecule has 0 fully saturated rings. The van der Waals surface area contributed by atoms with Gasteiger partial charge < -0.3 is 20.7 Å². The molecule has 0 spiro atoms. The number of urea groups is 1. The lowest BCUT2D eigenvalue weighted by atomic mass is 10.1. The minimum Gasteiger partial charge on any atom is -0.463 e. The zero-order valence-electron chi connectivity index (χ0n) is 16.1. The maximum Gasteiger partial charge on any atom is 0.337 e. The summed E-state index contributed by atoms with van der Waals surface area (Å²) in [6.07, 6.45) is 0. The van der Waals surface area contributed by atoms with Crippen LogP contribution < -0.4 is 16.0 Å². The number of hydrogen-bond donors (Lipinski definition) is 3. The molecule has 1 aliphatic heterocycles. The Labute approximate surface area is 158 Å². The van der Waals surface area contributed by atoms with Crippen LogP contribution >= 0.6 is 0 Å². The van der Waals surface area contributed by atoms with E-state index in [2.05, 4.69) is 16.0 Å². The van der Waals surface area contributed by atoms with E-state index in [1.54, 1.807) is 18.9 Å². The number of rotatable bonds is 7. The Morgan fingerprint density at radius 1 is 1.26 bits per heavy atom. The van der Waals surface area contributed by atoms with Crippen LogP contribution in [-0.4, -0.2) is 56.1 Å². The highest BCUT2D eigenvalue weighted by molar-refractivity contribution is 5.94. The minimum absolute atomic E-state index is 0.0996. The molecule has 0 saturated carbocycles. The van der Waals surface area contributed by atoms with Gasteiger partial charge in [-0.2, -0.15) is 0 Å². The molecular formula is C19H26N4O4. The van der Waals surface area contributed by atoms with Gasteiger partial charge in [-0.15, -0.1) is 0 Å². The van der Waals surface area contributed by atoms with Crippen molar-refractivity contribution in [2.45, 2.75) is 20.8 Å². The van der Waals surface area contributed by atoms with E-state index >= 15 is 0 Å². The molecule has 0 aromatic heterocycles. The lowest BCUT2D eigenvalue weighted by molar-refractivity contribution is -0.138. The summed E-state index contributed by atoms with van der Waals surface area (Å²) >= 11 is 0. The van der Waals surface area contributed by atoms with Gasteiger partial charge in [0.2, 0.25) is 5.91 Å². The van der Waals surface area contributed by atoms with Crippen LogP contribution in [0.2, 0.25) is 0 Å². The van der Waals surface area contributed by atoms with E-state index in [4.69, 9.17) is 4.74 Å². The average Bonchev–Trinajstić information content (AvgIpc) is 2.58. The monoisotopic (exact) mass is 374 g/mol. The molecule has 8 nitrogen and oxygen atoms in total. The SMILES string of the molecule is CCOC(=O)C1=C(CN(C)CC(=O)Nc2c(C)cccc2C)NC(=O)NC1. The Bertz CT molecular complexity index is 753. The Kier molecular flexibility index (Phi) is 6.95. The second kappa shape index (κ2) is 9.18. The van der Waals surface area contributed by atoms with Crippen molar-refractivity contribution in [3.05, 3.63) is 40.6 Å². The zero-order valence-corrected chi connectivity index (χ0v) is 16.1. The van der Waals surface area contributed by atoms with E-state index < -0.39 is 5.97 Å². The second-order valence-electron chi connectivity index (χ2n) is 6.47. The number of ether oxygens (including phenoxy) is 1. The molecule has 8 heteroatoms. The Hall–Kier alpha value is -2.87. The first-order chi connectivity index (χ1) is 12.8. The average molecular weight is 374 g/mol. The Morgan fingerprint density at radius 2 is 1.93 bits per heavy atom. The largest absolute Gasteiger partial charge is 0.463 e. The molecule has 146 valence electrons. The molecule has 1 aromatic rings. The summed E-state index contributed by atoms with van der Waals surface area (Å²) < 4.78 is 5.03. The summed E-state index contributed by atoms with van der Waals surface area (Å²) in [7, 11) is 1.74. The number of hydrogen-bond acceptors (Lipinski definition) is 5. The third-order valence-electron chi connectivity index (χ3n) is 4.16. The smallest absolute Gasteiger partial charge is 0.337 e. The number of carbonyl (C=O) groups is 3. The molecule has 1 aromatic carbocycles. The van der Waals surface area contributed by atoms with E-state index in [0.29, 0.717) is 11.3 Å². The number of nitrogens with one attached hydrogen (secondary N) is 3. The third-order valence-corrected chi connectivity index (χ3v) is 4.16. The van der Waals surface area contributed by atoms with E-state index in [0.717, 1.165) is 16.8 Å². The molecule has 27 heavy (non-hydrogen) atoms. The predicted octanol–water partition coefficient (Wildman–Crippen LogP) is 1.30. The van der Waals surface area contributed by atoms with Gasteiger partial charge in [0.25, 0.3) is 0 Å². The zero-order chi connectivity index (χ0) is 20.0. The van der Waals surface area contributed by atoms with Crippen LogP contribution in [-0.2, 0) is 14.3 Å². The summed E-state index contributed by atoms with van der Waals surface area (Å²) in [5.41, 5.74) is 3.59. The fourth-order valence-electron chi connectivity index (χ4n) is 2.84. The molecule has 0 unspecified atom stereocenters. The van der Waals surface area contributed by atoms with Crippen LogP contribution in [0.3, 0.4) is 0 Å². The molecule has 0 radical (unpaired) electrons. The van der Waals surface area contributed by atoms with Gasteiger partial charge in [-0.3, -0.25) is 9.69 Å². The van der Waals surface area contributed by atoms with Crippen LogP contribution in [0.5, 0.6) is 0 Å². The van der Waals surface area contributed by atoms with E-state index in [9.17, 15) is 14.4 Å². The summed E-state index contributed by atoms with van der Waals surface area (Å²) in [6, 6.07) is 5.43. The van der Waals surface area contributed by atoms with Crippen molar-refractivity contribution >= 4 is 23.6 Å². The third kappa shape index (κ3) is 5.55. The lowest BCUT2D eigenvalue weighted by Crippen LogP contribution is -2.47. The highest BCUT2D eigenvalue weighted by Crippen LogP contribution is 2.19. The number of aryl methyl sites for hydroxylation is 2. The summed E-state index contributed by atoms with van der Waals surface area (Å²) in [4.78, 5) is 37.8. The molecule has 2 rings (SSSR count). The number of nitrogens with zero attached hydrogens (tertiary/aromatic N) is 1. The highest BCUT2D eigenvalue weighted by Gasteiger charge is 2.24. The Morgan fingerprint density at radius 3 is 2.56 bits per heavy atom. The van der Waals surface area contributed by atoms with Crippen molar-refractivity contribution in [3.8, 4) is 0 Å². The van der Waals surface area contributed by atoms with Crippen LogP contribution in [0.15, 0.2) is 29.5 Å². The van der Waals surface area contributed by atoms with Crippen molar-refractivity contribution in [1.29, 1.82) is 0 Å². The number of amides is 3. The molecular weight excluding hydrogens is 348 g/mol. The van der Waals surface area contributed by atoms with Gasteiger partial charge >= 0.3 is 12.0 Å². The Balaban J connectivity index is 2.04. The fourth-order valence-corrected chi connectivity index (χ4v) is 2.84. The number of likely N-dealkylation sites (N-methyl/N-ethyl adjacent to an activating group) is 1. The standard InChI is InChI=1S/C19H26N4O4/c1-5-27-18(25)14-9-20-19(26)21-15(14)10-23(4)11-16(24)22-17-12(2)7-6-8-13(17)3/h6-8H,5,9-11H2,1-4H3,(H,22,24)(H2,20,21,26). The van der Waals surface area contributed by atoms with Crippen LogP contribution in [0.25, 0.3) is 0 Å².